The van der Waals surface area contributed by atoms with Crippen molar-refractivity contribution in [1.29, 1.82) is 0 Å². The molecule has 144 valence electrons. The van der Waals surface area contributed by atoms with Gasteiger partial charge in [-0.1, -0.05) is 17.7 Å². The number of rotatable bonds is 5. The van der Waals surface area contributed by atoms with E-state index in [0.29, 0.717) is 43.3 Å². The molecule has 2 aromatic rings. The number of carbonyl (C=O) groups is 1. The Morgan fingerprint density at radius 1 is 1.00 bits per heavy atom. The number of hydrogen-bond donors (Lipinski definition) is 1. The lowest BCUT2D eigenvalue weighted by atomic mass is 10.2. The molecule has 1 aliphatic heterocycles. The number of benzene rings is 2. The van der Waals surface area contributed by atoms with Crippen LogP contribution in [0.2, 0.25) is 5.02 Å². The number of nitrogens with zero attached hydrogens (tertiary/aromatic N) is 2. The van der Waals surface area contributed by atoms with Crippen molar-refractivity contribution in [1.82, 2.24) is 9.80 Å². The summed E-state index contributed by atoms with van der Waals surface area (Å²) < 4.78 is 40.6. The molecule has 8 heteroatoms. The molecule has 0 spiro atoms. The second-order valence-corrected chi connectivity index (χ2v) is 6.83. The topological polar surface area (TPSA) is 35.6 Å². The molecule has 1 amide bonds. The van der Waals surface area contributed by atoms with Crippen molar-refractivity contribution in [2.45, 2.75) is 6.54 Å². The van der Waals surface area contributed by atoms with Gasteiger partial charge in [0.2, 0.25) is 5.91 Å². The van der Waals surface area contributed by atoms with Gasteiger partial charge in [0.15, 0.2) is 0 Å². The van der Waals surface area contributed by atoms with E-state index in [4.69, 9.17) is 11.6 Å². The third-order valence-electron chi connectivity index (χ3n) is 4.48. The van der Waals surface area contributed by atoms with Crippen LogP contribution in [0.15, 0.2) is 36.4 Å². The molecule has 1 N–H and O–H groups in total. The predicted molar refractivity (Wildman–Crippen MR) is 98.1 cm³/mol. The third kappa shape index (κ3) is 5.22. The number of carbonyl (C=O) groups excluding carboxylic acids is 1. The number of piperazine rings is 1. The summed E-state index contributed by atoms with van der Waals surface area (Å²) in [7, 11) is 0. The lowest BCUT2D eigenvalue weighted by Crippen LogP contribution is -2.48. The van der Waals surface area contributed by atoms with Crippen LogP contribution < -0.4 is 5.32 Å². The minimum atomic E-state index is -0.684. The molecule has 0 aromatic heterocycles. The van der Waals surface area contributed by atoms with Gasteiger partial charge in [-0.2, -0.15) is 0 Å². The monoisotopic (exact) mass is 397 g/mol. The maximum absolute atomic E-state index is 13.9. The highest BCUT2D eigenvalue weighted by atomic mass is 35.5. The summed E-state index contributed by atoms with van der Waals surface area (Å²) in [6.07, 6.45) is 0. The molecule has 0 saturated carbocycles. The van der Waals surface area contributed by atoms with Crippen molar-refractivity contribution in [3.63, 3.8) is 0 Å². The highest BCUT2D eigenvalue weighted by Gasteiger charge is 2.21. The zero-order valence-corrected chi connectivity index (χ0v) is 15.3. The van der Waals surface area contributed by atoms with Crippen molar-refractivity contribution < 1.29 is 18.0 Å². The Morgan fingerprint density at radius 2 is 1.70 bits per heavy atom. The smallest absolute Gasteiger partial charge is 0.238 e. The number of nitrogens with one attached hydrogen (secondary N) is 1. The van der Waals surface area contributed by atoms with E-state index in [1.165, 1.54) is 6.07 Å². The number of halogens is 4. The van der Waals surface area contributed by atoms with Crippen LogP contribution in [-0.2, 0) is 11.3 Å². The van der Waals surface area contributed by atoms with Crippen LogP contribution in [0.5, 0.6) is 0 Å². The molecule has 3 rings (SSSR count). The largest absolute Gasteiger partial charge is 0.322 e. The molecule has 0 unspecified atom stereocenters. The van der Waals surface area contributed by atoms with E-state index >= 15 is 0 Å². The summed E-state index contributed by atoms with van der Waals surface area (Å²) >= 11 is 6.06. The molecular formula is C19H19ClF3N3O. The van der Waals surface area contributed by atoms with Crippen molar-refractivity contribution in [2.75, 3.05) is 38.0 Å². The van der Waals surface area contributed by atoms with E-state index in [9.17, 15) is 18.0 Å². The number of amides is 1. The Labute approximate surface area is 160 Å². The molecule has 1 fully saturated rings. The van der Waals surface area contributed by atoms with Gasteiger partial charge in [-0.25, -0.2) is 13.2 Å². The van der Waals surface area contributed by atoms with Gasteiger partial charge in [0.1, 0.15) is 17.5 Å². The van der Waals surface area contributed by atoms with Crippen LogP contribution >= 0.6 is 11.6 Å². The van der Waals surface area contributed by atoms with Crippen LogP contribution in [0, 0.1) is 17.5 Å². The Bertz CT molecular complexity index is 806. The van der Waals surface area contributed by atoms with E-state index < -0.39 is 17.5 Å². The standard InChI is InChI=1S/C19H19ClF3N3O/c20-15-2-1-3-16(22)14(15)11-25-6-8-26(9-7-25)12-19(27)24-18-10-13(21)4-5-17(18)23/h1-5,10H,6-9,11-12H2,(H,24,27). The molecule has 0 aliphatic carbocycles. The van der Waals surface area contributed by atoms with Gasteiger partial charge >= 0.3 is 0 Å². The minimum Gasteiger partial charge on any atom is -0.322 e. The summed E-state index contributed by atoms with van der Waals surface area (Å²) in [6.45, 7) is 2.97. The van der Waals surface area contributed by atoms with Gasteiger partial charge < -0.3 is 5.32 Å². The van der Waals surface area contributed by atoms with E-state index in [1.807, 2.05) is 4.90 Å². The zero-order chi connectivity index (χ0) is 19.4. The predicted octanol–water partition coefficient (Wildman–Crippen LogP) is 3.51. The summed E-state index contributed by atoms with van der Waals surface area (Å²) in [5, 5.41) is 2.79. The van der Waals surface area contributed by atoms with E-state index in [1.54, 1.807) is 12.1 Å². The Kier molecular flexibility index (Phi) is 6.36. The highest BCUT2D eigenvalue weighted by Crippen LogP contribution is 2.21. The summed E-state index contributed by atoms with van der Waals surface area (Å²) in [5.74, 6) is -2.05. The number of anilines is 1. The van der Waals surface area contributed by atoms with Crippen LogP contribution in [0.25, 0.3) is 0 Å². The first-order valence-corrected chi connectivity index (χ1v) is 8.92. The zero-order valence-electron chi connectivity index (χ0n) is 14.5. The van der Waals surface area contributed by atoms with Gasteiger partial charge in [-0.3, -0.25) is 14.6 Å². The van der Waals surface area contributed by atoms with Gasteiger partial charge in [0, 0.05) is 49.4 Å². The van der Waals surface area contributed by atoms with E-state index in [-0.39, 0.29) is 18.0 Å². The fraction of sp³-hybridized carbons (Fsp3) is 0.316. The molecule has 1 saturated heterocycles. The van der Waals surface area contributed by atoms with E-state index in [0.717, 1.165) is 18.2 Å². The van der Waals surface area contributed by atoms with Crippen LogP contribution in [0.1, 0.15) is 5.56 Å². The average Bonchev–Trinajstić information content (AvgIpc) is 2.63. The molecule has 0 radical (unpaired) electrons. The second-order valence-electron chi connectivity index (χ2n) is 6.42. The Morgan fingerprint density at radius 3 is 2.41 bits per heavy atom. The quantitative estimate of drug-likeness (QED) is 0.838. The average molecular weight is 398 g/mol. The maximum Gasteiger partial charge on any atom is 0.238 e. The van der Waals surface area contributed by atoms with Gasteiger partial charge in [0.05, 0.1) is 12.2 Å². The molecule has 27 heavy (non-hydrogen) atoms. The molecule has 0 atom stereocenters. The van der Waals surface area contributed by atoms with Crippen molar-refractivity contribution in [3.8, 4) is 0 Å². The lowest BCUT2D eigenvalue weighted by molar-refractivity contribution is -0.117. The summed E-state index contributed by atoms with van der Waals surface area (Å²) in [6, 6.07) is 7.52. The first kappa shape index (κ1) is 19.7. The van der Waals surface area contributed by atoms with Crippen LogP contribution in [0.4, 0.5) is 18.9 Å². The molecule has 2 aromatic carbocycles. The molecule has 4 nitrogen and oxygen atoms in total. The van der Waals surface area contributed by atoms with Crippen molar-refractivity contribution >= 4 is 23.2 Å². The summed E-state index contributed by atoms with van der Waals surface area (Å²) in [5.41, 5.74) is 0.291. The molecule has 1 aliphatic rings. The molecular weight excluding hydrogens is 379 g/mol. The normalized spacial score (nSPS) is 15.7. The molecule has 1 heterocycles. The SMILES string of the molecule is O=C(CN1CCN(Cc2c(F)cccc2Cl)CC1)Nc1cc(F)ccc1F. The molecule has 0 bridgehead atoms. The van der Waals surface area contributed by atoms with Gasteiger partial charge in [-0.05, 0) is 24.3 Å². The van der Waals surface area contributed by atoms with Crippen molar-refractivity contribution in [2.24, 2.45) is 0 Å². The first-order valence-electron chi connectivity index (χ1n) is 8.55. The fourth-order valence-electron chi connectivity index (χ4n) is 3.00. The maximum atomic E-state index is 13.9. The van der Waals surface area contributed by atoms with Crippen molar-refractivity contribution in [3.05, 3.63) is 64.4 Å². The minimum absolute atomic E-state index is 0.0737. The first-order chi connectivity index (χ1) is 12.9. The second kappa shape index (κ2) is 8.73. The third-order valence-corrected chi connectivity index (χ3v) is 4.83. The highest BCUT2D eigenvalue weighted by molar-refractivity contribution is 6.31. The van der Waals surface area contributed by atoms with Gasteiger partial charge in [0.25, 0.3) is 0 Å². The fourth-order valence-corrected chi connectivity index (χ4v) is 3.22. The lowest BCUT2D eigenvalue weighted by Gasteiger charge is -2.34. The Hall–Kier alpha value is -2.09. The summed E-state index contributed by atoms with van der Waals surface area (Å²) in [4.78, 5) is 16.1. The van der Waals surface area contributed by atoms with Crippen LogP contribution in [-0.4, -0.2) is 48.4 Å². The van der Waals surface area contributed by atoms with Gasteiger partial charge in [-0.15, -0.1) is 0 Å². The van der Waals surface area contributed by atoms with Crippen LogP contribution in [0.3, 0.4) is 0 Å². The Balaban J connectivity index is 1.49. The van der Waals surface area contributed by atoms with E-state index in [2.05, 4.69) is 10.2 Å². The number of hydrogen-bond acceptors (Lipinski definition) is 3.